The molecular weight excluding hydrogens is 310 g/mol. The molecule has 3 rings (SSSR count). The maximum Gasteiger partial charge on any atom is 0.240 e. The third-order valence-electron chi connectivity index (χ3n) is 4.49. The Morgan fingerprint density at radius 2 is 2.30 bits per heavy atom. The van der Waals surface area contributed by atoms with Gasteiger partial charge in [0.25, 0.3) is 0 Å². The Hall–Kier alpha value is -1.34. The van der Waals surface area contributed by atoms with E-state index in [1.165, 1.54) is 19.3 Å². The molecule has 2 aromatic rings. The molecule has 1 atom stereocenters. The number of imidazole rings is 1. The van der Waals surface area contributed by atoms with Crippen molar-refractivity contribution in [3.63, 3.8) is 0 Å². The van der Waals surface area contributed by atoms with E-state index in [0.717, 1.165) is 49.2 Å². The van der Waals surface area contributed by atoms with Crippen LogP contribution in [0.15, 0.2) is 16.9 Å². The Kier molecular flexibility index (Phi) is 5.72. The molecule has 0 aromatic carbocycles. The highest BCUT2D eigenvalue weighted by Crippen LogP contribution is 2.23. The van der Waals surface area contributed by atoms with Gasteiger partial charge in [-0.15, -0.1) is 0 Å². The quantitative estimate of drug-likeness (QED) is 0.775. The third-order valence-corrected chi connectivity index (χ3v) is 5.04. The first-order valence-corrected chi connectivity index (χ1v) is 9.66. The first-order valence-electron chi connectivity index (χ1n) is 8.27. The van der Waals surface area contributed by atoms with Gasteiger partial charge in [0.05, 0.1) is 12.3 Å². The molecule has 1 fully saturated rings. The van der Waals surface area contributed by atoms with Crippen molar-refractivity contribution in [2.24, 2.45) is 7.05 Å². The molecule has 126 valence electrons. The fourth-order valence-corrected chi connectivity index (χ4v) is 3.62. The number of piperidine rings is 1. The minimum Gasteiger partial charge on any atom is -0.338 e. The Labute approximate surface area is 141 Å². The molecule has 0 radical (unpaired) electrons. The summed E-state index contributed by atoms with van der Waals surface area (Å²) in [6, 6.07) is 0.580. The minimum absolute atomic E-state index is 0.580. The molecule has 1 aliphatic heterocycles. The molecule has 2 aromatic heterocycles. The normalized spacial score (nSPS) is 19.3. The first-order chi connectivity index (χ1) is 11.3. The predicted octanol–water partition coefficient (Wildman–Crippen LogP) is 2.65. The summed E-state index contributed by atoms with van der Waals surface area (Å²) in [6.07, 6.45) is 11.9. The van der Waals surface area contributed by atoms with Crippen molar-refractivity contribution in [3.05, 3.63) is 29.9 Å². The number of likely N-dealkylation sites (tertiary alicyclic amines) is 1. The van der Waals surface area contributed by atoms with Crippen molar-refractivity contribution in [1.29, 1.82) is 0 Å². The highest BCUT2D eigenvalue weighted by Gasteiger charge is 2.24. The van der Waals surface area contributed by atoms with Gasteiger partial charge < -0.3 is 9.09 Å². The number of rotatable bonds is 7. The van der Waals surface area contributed by atoms with Crippen LogP contribution in [0.25, 0.3) is 0 Å². The zero-order chi connectivity index (χ0) is 16.1. The van der Waals surface area contributed by atoms with Crippen LogP contribution in [0.2, 0.25) is 0 Å². The second-order valence-corrected chi connectivity index (χ2v) is 7.02. The zero-order valence-electron chi connectivity index (χ0n) is 13.9. The molecule has 1 aliphatic rings. The topological polar surface area (TPSA) is 60.0 Å². The Balaban J connectivity index is 1.58. The Morgan fingerprint density at radius 3 is 3.09 bits per heavy atom. The molecule has 23 heavy (non-hydrogen) atoms. The molecule has 0 spiro atoms. The van der Waals surface area contributed by atoms with Crippen molar-refractivity contribution in [3.8, 4) is 0 Å². The molecule has 3 heterocycles. The molecule has 0 bridgehead atoms. The number of aromatic nitrogens is 4. The average Bonchev–Trinajstić information content (AvgIpc) is 3.16. The molecule has 0 amide bonds. The van der Waals surface area contributed by atoms with Crippen LogP contribution in [-0.2, 0) is 25.8 Å². The fourth-order valence-electron chi connectivity index (χ4n) is 3.24. The summed E-state index contributed by atoms with van der Waals surface area (Å²) >= 11 is 1.71. The standard InChI is InChI=1S/C16H25N5OS/c1-20-10-8-17-15(20)7-6-13-5-3-4-9-21(13)11-16-18-14(12-23-2)19-22-16/h8,10,13H,3-7,9,11-12H2,1-2H3. The lowest BCUT2D eigenvalue weighted by Gasteiger charge is -2.34. The van der Waals surface area contributed by atoms with E-state index in [-0.39, 0.29) is 0 Å². The number of aryl methyl sites for hydroxylation is 2. The summed E-state index contributed by atoms with van der Waals surface area (Å²) < 4.78 is 7.52. The van der Waals surface area contributed by atoms with E-state index in [9.17, 15) is 0 Å². The fraction of sp³-hybridized carbons (Fsp3) is 0.688. The third kappa shape index (κ3) is 4.35. The van der Waals surface area contributed by atoms with Crippen LogP contribution in [0.3, 0.4) is 0 Å². The predicted molar refractivity (Wildman–Crippen MR) is 91.1 cm³/mol. The van der Waals surface area contributed by atoms with Crippen molar-refractivity contribution in [2.45, 2.75) is 50.4 Å². The SMILES string of the molecule is CSCc1noc(CN2CCCCC2CCc2nccn2C)n1. The largest absolute Gasteiger partial charge is 0.338 e. The summed E-state index contributed by atoms with van der Waals surface area (Å²) in [5.74, 6) is 3.52. The van der Waals surface area contributed by atoms with E-state index in [1.54, 1.807) is 11.8 Å². The van der Waals surface area contributed by atoms with Gasteiger partial charge in [-0.05, 0) is 32.1 Å². The molecule has 0 aliphatic carbocycles. The summed E-state index contributed by atoms with van der Waals surface area (Å²) in [7, 11) is 2.06. The van der Waals surface area contributed by atoms with Gasteiger partial charge in [0.1, 0.15) is 5.82 Å². The number of thioether (sulfide) groups is 1. The van der Waals surface area contributed by atoms with Crippen LogP contribution in [-0.4, -0.2) is 43.4 Å². The van der Waals surface area contributed by atoms with Gasteiger partial charge in [-0.25, -0.2) is 4.98 Å². The van der Waals surface area contributed by atoms with Gasteiger partial charge in [0, 0.05) is 31.9 Å². The Morgan fingerprint density at radius 1 is 1.39 bits per heavy atom. The number of hydrogen-bond acceptors (Lipinski definition) is 6. The lowest BCUT2D eigenvalue weighted by Crippen LogP contribution is -2.39. The smallest absolute Gasteiger partial charge is 0.240 e. The second kappa shape index (κ2) is 7.97. The molecule has 1 unspecified atom stereocenters. The van der Waals surface area contributed by atoms with Gasteiger partial charge in [-0.1, -0.05) is 11.6 Å². The average molecular weight is 335 g/mol. The van der Waals surface area contributed by atoms with Gasteiger partial charge >= 0.3 is 0 Å². The molecule has 0 saturated carbocycles. The summed E-state index contributed by atoms with van der Waals surface area (Å²) in [4.78, 5) is 11.4. The lowest BCUT2D eigenvalue weighted by atomic mass is 9.98. The van der Waals surface area contributed by atoms with Crippen LogP contribution < -0.4 is 0 Å². The van der Waals surface area contributed by atoms with E-state index in [1.807, 2.05) is 18.6 Å². The van der Waals surface area contributed by atoms with Crippen LogP contribution in [0.4, 0.5) is 0 Å². The van der Waals surface area contributed by atoms with Crippen LogP contribution >= 0.6 is 11.8 Å². The minimum atomic E-state index is 0.580. The van der Waals surface area contributed by atoms with Crippen LogP contribution in [0.1, 0.15) is 43.2 Å². The monoisotopic (exact) mass is 335 g/mol. The van der Waals surface area contributed by atoms with Gasteiger partial charge in [-0.3, -0.25) is 4.90 Å². The number of nitrogens with zero attached hydrogens (tertiary/aromatic N) is 5. The van der Waals surface area contributed by atoms with Gasteiger partial charge in [-0.2, -0.15) is 16.7 Å². The maximum absolute atomic E-state index is 5.41. The van der Waals surface area contributed by atoms with Crippen LogP contribution in [0.5, 0.6) is 0 Å². The van der Waals surface area contributed by atoms with E-state index < -0.39 is 0 Å². The van der Waals surface area contributed by atoms with Crippen molar-refractivity contribution >= 4 is 11.8 Å². The van der Waals surface area contributed by atoms with E-state index >= 15 is 0 Å². The van der Waals surface area contributed by atoms with Gasteiger partial charge in [0.15, 0.2) is 5.82 Å². The highest BCUT2D eigenvalue weighted by molar-refractivity contribution is 7.97. The van der Waals surface area contributed by atoms with Crippen molar-refractivity contribution in [2.75, 3.05) is 12.8 Å². The lowest BCUT2D eigenvalue weighted by molar-refractivity contribution is 0.116. The van der Waals surface area contributed by atoms with E-state index in [4.69, 9.17) is 4.52 Å². The molecule has 1 saturated heterocycles. The summed E-state index contributed by atoms with van der Waals surface area (Å²) in [5, 5.41) is 4.05. The summed E-state index contributed by atoms with van der Waals surface area (Å²) in [5.41, 5.74) is 0. The van der Waals surface area contributed by atoms with Crippen molar-refractivity contribution < 1.29 is 4.52 Å². The molecular formula is C16H25N5OS. The number of hydrogen-bond donors (Lipinski definition) is 0. The summed E-state index contributed by atoms with van der Waals surface area (Å²) in [6.45, 7) is 1.89. The van der Waals surface area contributed by atoms with E-state index in [2.05, 4.69) is 31.6 Å². The maximum atomic E-state index is 5.41. The highest BCUT2D eigenvalue weighted by atomic mass is 32.2. The van der Waals surface area contributed by atoms with Gasteiger partial charge in [0.2, 0.25) is 5.89 Å². The Bertz CT molecular complexity index is 611. The van der Waals surface area contributed by atoms with Crippen LogP contribution in [0, 0.1) is 0 Å². The molecule has 7 heteroatoms. The zero-order valence-corrected chi connectivity index (χ0v) is 14.8. The van der Waals surface area contributed by atoms with E-state index in [0.29, 0.717) is 6.04 Å². The first kappa shape index (κ1) is 16.5. The molecule has 6 nitrogen and oxygen atoms in total. The second-order valence-electron chi connectivity index (χ2n) is 6.15. The molecule has 0 N–H and O–H groups in total. The van der Waals surface area contributed by atoms with Crippen molar-refractivity contribution in [1.82, 2.24) is 24.6 Å².